The smallest absolute Gasteiger partial charge is 0.410 e. The van der Waals surface area contributed by atoms with Crippen molar-refractivity contribution in [1.82, 2.24) is 4.90 Å². The zero-order valence-electron chi connectivity index (χ0n) is 27.9. The van der Waals surface area contributed by atoms with Gasteiger partial charge in [0.2, 0.25) is 10.0 Å². The fourth-order valence-corrected chi connectivity index (χ4v) is 7.65. The number of hydrogen-bond acceptors (Lipinski definition) is 8. The number of hydrogen-bond donors (Lipinski definition) is 2. The molecule has 2 aromatic carbocycles. The molecule has 0 bridgehead atoms. The summed E-state index contributed by atoms with van der Waals surface area (Å²) in [6.07, 6.45) is 7.45. The van der Waals surface area contributed by atoms with Gasteiger partial charge in [-0.2, -0.15) is 0 Å². The molecular formula is C33H49N5O6S2. The lowest BCUT2D eigenvalue weighted by Crippen LogP contribution is -2.58. The quantitative estimate of drug-likeness (QED) is 0.252. The highest BCUT2D eigenvalue weighted by Crippen LogP contribution is 2.46. The molecule has 1 unspecified atom stereocenters. The lowest BCUT2D eigenvalue weighted by atomic mass is 10.1. The summed E-state index contributed by atoms with van der Waals surface area (Å²) in [5.41, 5.74) is 0.653. The van der Waals surface area contributed by atoms with Crippen LogP contribution in [0.1, 0.15) is 83.0 Å². The van der Waals surface area contributed by atoms with Crippen LogP contribution in [0.2, 0.25) is 0 Å². The minimum Gasteiger partial charge on any atom is -0.444 e. The van der Waals surface area contributed by atoms with Gasteiger partial charge < -0.3 is 15.0 Å². The predicted molar refractivity (Wildman–Crippen MR) is 184 cm³/mol. The van der Waals surface area contributed by atoms with Crippen molar-refractivity contribution < 1.29 is 27.0 Å². The number of amides is 2. The number of benzene rings is 2. The first kappa shape index (κ1) is 35.5. The molecule has 2 fully saturated rings. The van der Waals surface area contributed by atoms with E-state index in [1.807, 2.05) is 25.7 Å². The van der Waals surface area contributed by atoms with Crippen LogP contribution in [0.3, 0.4) is 0 Å². The number of carbonyl (C=O) groups is 2. The van der Waals surface area contributed by atoms with E-state index < -0.39 is 31.3 Å². The molecule has 2 amide bonds. The van der Waals surface area contributed by atoms with Gasteiger partial charge in [0.25, 0.3) is 5.91 Å². The number of nitrogens with one attached hydrogen (secondary N) is 2. The first-order chi connectivity index (χ1) is 21.5. The Morgan fingerprint density at radius 3 is 2.24 bits per heavy atom. The van der Waals surface area contributed by atoms with E-state index in [0.717, 1.165) is 61.2 Å². The van der Waals surface area contributed by atoms with Crippen molar-refractivity contribution in [1.29, 1.82) is 4.78 Å². The van der Waals surface area contributed by atoms with E-state index in [9.17, 15) is 22.2 Å². The van der Waals surface area contributed by atoms with Crippen LogP contribution >= 0.6 is 0 Å². The Kier molecular flexibility index (Phi) is 10.7. The molecule has 46 heavy (non-hydrogen) atoms. The van der Waals surface area contributed by atoms with Crippen molar-refractivity contribution in [3.05, 3.63) is 48.0 Å². The van der Waals surface area contributed by atoms with Gasteiger partial charge in [-0.15, -0.1) is 0 Å². The SMILES string of the molecule is CCCCCCCS(=N)(=O)c1ccc(NC(=O)c2cc(N3CCN(C(=O)OC(C)(C)C)C4(CC4)C3)ccc2N(C)S(C)(=O)=O)cc1. The van der Waals surface area contributed by atoms with Crippen molar-refractivity contribution in [3.8, 4) is 0 Å². The molecule has 0 aromatic heterocycles. The van der Waals surface area contributed by atoms with Crippen LogP contribution < -0.4 is 14.5 Å². The maximum Gasteiger partial charge on any atom is 0.410 e. The van der Waals surface area contributed by atoms with Crippen molar-refractivity contribution in [2.75, 3.05) is 53.2 Å². The summed E-state index contributed by atoms with van der Waals surface area (Å²) in [5, 5.41) is 2.85. The van der Waals surface area contributed by atoms with Crippen molar-refractivity contribution in [2.45, 2.75) is 88.7 Å². The lowest BCUT2D eigenvalue weighted by Gasteiger charge is -2.43. The van der Waals surface area contributed by atoms with Crippen molar-refractivity contribution >= 4 is 48.8 Å². The van der Waals surface area contributed by atoms with Crippen LogP contribution in [-0.2, 0) is 24.5 Å². The summed E-state index contributed by atoms with van der Waals surface area (Å²) in [6, 6.07) is 11.6. The number of unbranched alkanes of at least 4 members (excludes halogenated alkanes) is 4. The number of ether oxygens (including phenoxy) is 1. The minimum absolute atomic E-state index is 0.172. The first-order valence-electron chi connectivity index (χ1n) is 16.0. The predicted octanol–water partition coefficient (Wildman–Crippen LogP) is 6.30. The van der Waals surface area contributed by atoms with Crippen molar-refractivity contribution in [3.63, 3.8) is 0 Å². The zero-order chi connectivity index (χ0) is 33.9. The number of rotatable bonds is 12. The van der Waals surface area contributed by atoms with E-state index in [1.165, 1.54) is 7.05 Å². The average Bonchev–Trinajstić information content (AvgIpc) is 3.73. The standard InChI is InChI=1S/C33H49N5O6S2/c1-7-8-9-10-11-22-46(34,43)27-15-12-25(13-16-27)35-30(39)28-23-26(14-17-29(28)36(5)45(6,41)42)37-20-21-38(33(24-37)18-19-33)31(40)44-32(2,3)4/h12-17,23,34H,7-11,18-22,24H2,1-6H3,(H,35,39). The number of piperazine rings is 1. The topological polar surface area (TPSA) is 140 Å². The highest BCUT2D eigenvalue weighted by Gasteiger charge is 2.54. The van der Waals surface area contributed by atoms with E-state index in [2.05, 4.69) is 17.1 Å². The Morgan fingerprint density at radius 2 is 1.65 bits per heavy atom. The summed E-state index contributed by atoms with van der Waals surface area (Å²) in [5.74, 6) is -0.208. The van der Waals surface area contributed by atoms with E-state index in [4.69, 9.17) is 9.52 Å². The molecule has 1 atom stereocenters. The van der Waals surface area contributed by atoms with Gasteiger partial charge >= 0.3 is 6.09 Å². The van der Waals surface area contributed by atoms with E-state index in [1.54, 1.807) is 42.5 Å². The second-order valence-electron chi connectivity index (χ2n) is 13.5. The third kappa shape index (κ3) is 8.72. The van der Waals surface area contributed by atoms with E-state index in [-0.39, 0.29) is 22.9 Å². The molecule has 1 heterocycles. The minimum atomic E-state index is -3.67. The number of sulfonamides is 1. The monoisotopic (exact) mass is 675 g/mol. The molecule has 254 valence electrons. The van der Waals surface area contributed by atoms with Crippen molar-refractivity contribution in [2.24, 2.45) is 0 Å². The fraction of sp³-hybridized carbons (Fsp3) is 0.576. The maximum absolute atomic E-state index is 13.7. The molecule has 1 aliphatic heterocycles. The van der Waals surface area contributed by atoms with Crippen LogP contribution in [0.15, 0.2) is 47.4 Å². The molecule has 1 spiro atoms. The number of anilines is 3. The molecule has 1 saturated heterocycles. The summed E-state index contributed by atoms with van der Waals surface area (Å²) >= 11 is 0. The van der Waals surface area contributed by atoms with Gasteiger partial charge in [-0.1, -0.05) is 32.6 Å². The molecule has 11 nitrogen and oxygen atoms in total. The molecule has 2 aromatic rings. The molecule has 2 N–H and O–H groups in total. The normalized spacial score (nSPS) is 17.3. The van der Waals surface area contributed by atoms with Gasteiger partial charge in [-0.25, -0.2) is 22.2 Å². The van der Waals surface area contributed by atoms with Crippen LogP contribution in [-0.4, -0.2) is 79.4 Å². The van der Waals surface area contributed by atoms with E-state index in [0.29, 0.717) is 36.0 Å². The zero-order valence-corrected chi connectivity index (χ0v) is 29.6. The maximum atomic E-state index is 13.7. The third-order valence-corrected chi connectivity index (χ3v) is 11.6. The molecule has 0 radical (unpaired) electrons. The molecular weight excluding hydrogens is 627 g/mol. The first-order valence-corrected chi connectivity index (χ1v) is 19.5. The highest BCUT2D eigenvalue weighted by atomic mass is 32.2. The van der Waals surface area contributed by atoms with Gasteiger partial charge in [0.1, 0.15) is 5.60 Å². The average molecular weight is 676 g/mol. The second kappa shape index (κ2) is 13.8. The molecule has 4 rings (SSSR count). The van der Waals surface area contributed by atoms with Gasteiger partial charge in [0.05, 0.1) is 32.8 Å². The van der Waals surface area contributed by atoms with E-state index >= 15 is 0 Å². The van der Waals surface area contributed by atoms with Crippen LogP contribution in [0.5, 0.6) is 0 Å². The Balaban J connectivity index is 1.53. The Morgan fingerprint density at radius 1 is 1.00 bits per heavy atom. The summed E-state index contributed by atoms with van der Waals surface area (Å²) < 4.78 is 53.1. The van der Waals surface area contributed by atoms with Crippen LogP contribution in [0.4, 0.5) is 21.9 Å². The second-order valence-corrected chi connectivity index (χ2v) is 17.7. The van der Waals surface area contributed by atoms with Gasteiger partial charge in [-0.05, 0) is 82.5 Å². The molecule has 1 aliphatic carbocycles. The molecule has 1 saturated carbocycles. The Hall–Kier alpha value is -3.32. The third-order valence-electron chi connectivity index (χ3n) is 8.55. The Bertz CT molecular complexity index is 1630. The van der Waals surface area contributed by atoms with Crippen LogP contribution in [0, 0.1) is 4.78 Å². The van der Waals surface area contributed by atoms with Gasteiger partial charge in [0.15, 0.2) is 0 Å². The summed E-state index contributed by atoms with van der Waals surface area (Å²) in [7, 11) is -5.21. The highest BCUT2D eigenvalue weighted by molar-refractivity contribution is 7.92. The number of carbonyl (C=O) groups excluding carboxylic acids is 2. The lowest BCUT2D eigenvalue weighted by molar-refractivity contribution is 0.0106. The summed E-state index contributed by atoms with van der Waals surface area (Å²) in [4.78, 5) is 31.0. The molecule has 2 aliphatic rings. The molecule has 13 heteroatoms. The number of nitrogens with zero attached hydrogens (tertiary/aromatic N) is 3. The largest absolute Gasteiger partial charge is 0.444 e. The fourth-order valence-electron chi connectivity index (χ4n) is 5.71. The Labute approximate surface area is 274 Å². The van der Waals surface area contributed by atoms with Gasteiger partial charge in [-0.3, -0.25) is 14.0 Å². The summed E-state index contributed by atoms with van der Waals surface area (Å²) in [6.45, 7) is 9.24. The van der Waals surface area contributed by atoms with Gasteiger partial charge in [0, 0.05) is 48.7 Å². The van der Waals surface area contributed by atoms with Crippen LogP contribution in [0.25, 0.3) is 0 Å².